The van der Waals surface area contributed by atoms with Crippen LogP contribution in [-0.2, 0) is 0 Å². The molecule has 1 fully saturated rings. The number of piperidine rings is 1. The molecule has 2 aliphatic rings. The van der Waals surface area contributed by atoms with Gasteiger partial charge in [0.15, 0.2) is 5.78 Å². The van der Waals surface area contributed by atoms with Gasteiger partial charge in [0, 0.05) is 31.8 Å². The molecule has 0 N–H and O–H groups in total. The fraction of sp³-hybridized carbons (Fsp3) is 0.344. The van der Waals surface area contributed by atoms with Crippen LogP contribution in [0.4, 0.5) is 5.69 Å². The third-order valence-electron chi connectivity index (χ3n) is 7.44. The summed E-state index contributed by atoms with van der Waals surface area (Å²) in [5.74, 6) is 0.261. The van der Waals surface area contributed by atoms with Crippen LogP contribution in [-0.4, -0.2) is 44.4 Å². The summed E-state index contributed by atoms with van der Waals surface area (Å²) in [6.45, 7) is 3.59. The van der Waals surface area contributed by atoms with E-state index in [1.54, 1.807) is 0 Å². The highest BCUT2D eigenvalue weighted by Crippen LogP contribution is 2.45. The van der Waals surface area contributed by atoms with Crippen LogP contribution in [0, 0.1) is 0 Å². The Hall–Kier alpha value is -3.17. The second-order valence-corrected chi connectivity index (χ2v) is 10.1. The van der Waals surface area contributed by atoms with Crippen molar-refractivity contribution in [3.05, 3.63) is 89.0 Å². The van der Waals surface area contributed by atoms with Crippen molar-refractivity contribution in [3.8, 4) is 11.1 Å². The minimum atomic E-state index is 0.261. The zero-order valence-electron chi connectivity index (χ0n) is 21.1. The van der Waals surface area contributed by atoms with Gasteiger partial charge in [0.05, 0.1) is 0 Å². The number of Topliss-reactive ketones (excluding diaryl/α,β-unsaturated/α-hetero) is 1. The summed E-state index contributed by atoms with van der Waals surface area (Å²) in [6, 6.07) is 23.5. The Kier molecular flexibility index (Phi) is 7.15. The van der Waals surface area contributed by atoms with Gasteiger partial charge in [-0.15, -0.1) is 0 Å². The number of fused-ring (bicyclic) bond motifs is 3. The second kappa shape index (κ2) is 10.6. The molecule has 1 heterocycles. The molecule has 0 radical (unpaired) electrons. The van der Waals surface area contributed by atoms with Gasteiger partial charge in [-0.25, -0.2) is 0 Å². The van der Waals surface area contributed by atoms with Gasteiger partial charge in [0.1, 0.15) is 0 Å². The number of carbonyl (C=O) groups is 1. The van der Waals surface area contributed by atoms with E-state index in [1.807, 2.05) is 6.07 Å². The fourth-order valence-electron chi connectivity index (χ4n) is 5.41. The molecule has 0 atom stereocenters. The molecule has 1 aliphatic heterocycles. The van der Waals surface area contributed by atoms with Gasteiger partial charge in [-0.2, -0.15) is 0 Å². The van der Waals surface area contributed by atoms with Crippen molar-refractivity contribution in [1.82, 2.24) is 4.90 Å². The van der Waals surface area contributed by atoms with Gasteiger partial charge >= 0.3 is 0 Å². The molecule has 5 rings (SSSR count). The Balaban J connectivity index is 1.35. The predicted molar refractivity (Wildman–Crippen MR) is 148 cm³/mol. The van der Waals surface area contributed by atoms with E-state index in [1.165, 1.54) is 71.4 Å². The average molecular weight is 465 g/mol. The first-order valence-electron chi connectivity index (χ1n) is 13.1. The van der Waals surface area contributed by atoms with Crippen molar-refractivity contribution in [2.75, 3.05) is 38.6 Å². The summed E-state index contributed by atoms with van der Waals surface area (Å²) >= 11 is 0. The Morgan fingerprint density at radius 1 is 0.829 bits per heavy atom. The minimum absolute atomic E-state index is 0.261. The van der Waals surface area contributed by atoms with E-state index < -0.39 is 0 Å². The Labute approximate surface area is 210 Å². The van der Waals surface area contributed by atoms with Crippen LogP contribution in [0.1, 0.15) is 65.6 Å². The molecule has 180 valence electrons. The molecule has 0 spiro atoms. The average Bonchev–Trinajstić information content (AvgIpc) is 3.20. The maximum Gasteiger partial charge on any atom is 0.162 e. The summed E-state index contributed by atoms with van der Waals surface area (Å²) in [5, 5.41) is 0. The molecule has 3 aromatic rings. The molecule has 0 bridgehead atoms. The number of hydrogen-bond donors (Lipinski definition) is 0. The van der Waals surface area contributed by atoms with Gasteiger partial charge in [-0.05, 0) is 103 Å². The van der Waals surface area contributed by atoms with Crippen LogP contribution in [0.5, 0.6) is 0 Å². The number of nitrogens with zero attached hydrogens (tertiary/aromatic N) is 2. The van der Waals surface area contributed by atoms with Crippen molar-refractivity contribution >= 4 is 23.1 Å². The number of unbranched alkanes of at least 4 members (excludes halogenated alkanes) is 1. The van der Waals surface area contributed by atoms with Crippen molar-refractivity contribution in [1.29, 1.82) is 0 Å². The van der Waals surface area contributed by atoms with Crippen molar-refractivity contribution < 1.29 is 4.79 Å². The third kappa shape index (κ3) is 5.26. The van der Waals surface area contributed by atoms with Gasteiger partial charge in [0.2, 0.25) is 0 Å². The minimum Gasteiger partial charge on any atom is -0.378 e. The van der Waals surface area contributed by atoms with Crippen molar-refractivity contribution in [2.45, 2.75) is 38.5 Å². The molecule has 0 amide bonds. The number of anilines is 1. The zero-order chi connectivity index (χ0) is 24.2. The molecule has 0 unspecified atom stereocenters. The van der Waals surface area contributed by atoms with Crippen LogP contribution in [0.2, 0.25) is 0 Å². The molecule has 1 aliphatic carbocycles. The summed E-state index contributed by atoms with van der Waals surface area (Å²) in [5.41, 5.74) is 9.27. The normalized spacial score (nSPS) is 16.2. The molecule has 1 saturated heterocycles. The van der Waals surface area contributed by atoms with Gasteiger partial charge in [-0.1, -0.05) is 55.0 Å². The second-order valence-electron chi connectivity index (χ2n) is 10.1. The Morgan fingerprint density at radius 2 is 1.54 bits per heavy atom. The first-order valence-corrected chi connectivity index (χ1v) is 13.1. The van der Waals surface area contributed by atoms with E-state index in [0.29, 0.717) is 6.42 Å². The van der Waals surface area contributed by atoms with Crippen LogP contribution in [0.3, 0.4) is 0 Å². The molecule has 0 saturated carbocycles. The lowest BCUT2D eigenvalue weighted by molar-refractivity contribution is 0.0977. The highest BCUT2D eigenvalue weighted by Gasteiger charge is 2.24. The summed E-state index contributed by atoms with van der Waals surface area (Å²) in [4.78, 5) is 17.8. The quantitative estimate of drug-likeness (QED) is 0.204. The smallest absolute Gasteiger partial charge is 0.162 e. The Bertz CT molecular complexity index is 1220. The van der Waals surface area contributed by atoms with E-state index in [2.05, 4.69) is 90.6 Å². The van der Waals surface area contributed by atoms with Gasteiger partial charge in [0.25, 0.3) is 0 Å². The number of benzene rings is 3. The first-order chi connectivity index (χ1) is 17.1. The van der Waals surface area contributed by atoms with E-state index in [9.17, 15) is 4.79 Å². The summed E-state index contributed by atoms with van der Waals surface area (Å²) < 4.78 is 0. The standard InChI is InChI=1S/C32H36N2O/c1-33(2)26-16-13-24(14-17-26)22-30-28-11-5-4-10-27(28)29-18-15-25(23-31(29)30)32(35)12-6-9-21-34-19-7-3-8-20-34/h4-5,10-11,13-18,22-23H,3,6-9,12,19-21H2,1-2H3/b30-22-. The van der Waals surface area contributed by atoms with Crippen LogP contribution < -0.4 is 4.90 Å². The van der Waals surface area contributed by atoms with E-state index in [4.69, 9.17) is 0 Å². The molecule has 3 nitrogen and oxygen atoms in total. The molecular formula is C32H36N2O. The number of likely N-dealkylation sites (tertiary alicyclic amines) is 1. The number of carbonyl (C=O) groups excluding carboxylic acids is 1. The maximum absolute atomic E-state index is 13.1. The highest BCUT2D eigenvalue weighted by atomic mass is 16.1. The van der Waals surface area contributed by atoms with E-state index >= 15 is 0 Å². The fourth-order valence-corrected chi connectivity index (χ4v) is 5.41. The molecule has 0 aromatic heterocycles. The van der Waals surface area contributed by atoms with E-state index in [0.717, 1.165) is 24.9 Å². The monoisotopic (exact) mass is 464 g/mol. The molecule has 3 aromatic carbocycles. The molecule has 35 heavy (non-hydrogen) atoms. The lowest BCUT2D eigenvalue weighted by Crippen LogP contribution is -2.30. The van der Waals surface area contributed by atoms with Crippen molar-refractivity contribution in [2.24, 2.45) is 0 Å². The Morgan fingerprint density at radius 3 is 2.29 bits per heavy atom. The van der Waals surface area contributed by atoms with Crippen LogP contribution >= 0.6 is 0 Å². The topological polar surface area (TPSA) is 23.6 Å². The number of ketones is 1. The highest BCUT2D eigenvalue weighted by molar-refractivity contribution is 6.08. The molecular weight excluding hydrogens is 428 g/mol. The zero-order valence-corrected chi connectivity index (χ0v) is 21.1. The predicted octanol–water partition coefficient (Wildman–Crippen LogP) is 7.16. The molecule has 3 heteroatoms. The van der Waals surface area contributed by atoms with Crippen molar-refractivity contribution in [3.63, 3.8) is 0 Å². The van der Waals surface area contributed by atoms with Crippen LogP contribution in [0.25, 0.3) is 22.8 Å². The van der Waals surface area contributed by atoms with Gasteiger partial charge < -0.3 is 9.80 Å². The number of hydrogen-bond acceptors (Lipinski definition) is 3. The van der Waals surface area contributed by atoms with Gasteiger partial charge in [-0.3, -0.25) is 4.79 Å². The third-order valence-corrected chi connectivity index (χ3v) is 7.44. The lowest BCUT2D eigenvalue weighted by Gasteiger charge is -2.26. The summed E-state index contributed by atoms with van der Waals surface area (Å²) in [6.07, 6.45) is 8.98. The van der Waals surface area contributed by atoms with E-state index in [-0.39, 0.29) is 5.78 Å². The largest absolute Gasteiger partial charge is 0.378 e. The first kappa shape index (κ1) is 23.6. The van der Waals surface area contributed by atoms with Crippen LogP contribution in [0.15, 0.2) is 66.7 Å². The lowest BCUT2D eigenvalue weighted by atomic mass is 9.96. The number of rotatable bonds is 8. The maximum atomic E-state index is 13.1. The SMILES string of the molecule is CN(C)c1ccc(/C=C2/c3ccccc3-c3ccc(C(=O)CCCCN4CCCCC4)cc32)cc1. The summed E-state index contributed by atoms with van der Waals surface area (Å²) in [7, 11) is 4.12.